The number of benzene rings is 6. The van der Waals surface area contributed by atoms with Crippen molar-refractivity contribution in [2.24, 2.45) is 0 Å². The minimum Gasteiger partial charge on any atom is -0.316 e. The lowest BCUT2D eigenvalue weighted by Crippen LogP contribution is -2.29. The van der Waals surface area contributed by atoms with Gasteiger partial charge in [-0.2, -0.15) is 0 Å². The Bertz CT molecular complexity index is 2110. The summed E-state index contributed by atoms with van der Waals surface area (Å²) in [7, 11) is 0. The Hall–Kier alpha value is -5.60. The van der Waals surface area contributed by atoms with Crippen LogP contribution in [0.15, 0.2) is 169 Å². The van der Waals surface area contributed by atoms with Gasteiger partial charge < -0.3 is 9.13 Å². The Labute approximate surface area is 256 Å². The number of para-hydroxylation sites is 4. The third kappa shape index (κ3) is 3.74. The molecule has 6 aromatic carbocycles. The van der Waals surface area contributed by atoms with Crippen molar-refractivity contribution >= 4 is 56.0 Å². The van der Waals surface area contributed by atoms with Crippen molar-refractivity contribution in [3.05, 3.63) is 180 Å². The summed E-state index contributed by atoms with van der Waals surface area (Å²) in [6, 6.07) is 57.2. The van der Waals surface area contributed by atoms with Crippen LogP contribution in [0.25, 0.3) is 56.0 Å². The zero-order valence-electron chi connectivity index (χ0n) is 24.2. The van der Waals surface area contributed by atoms with Gasteiger partial charge in [0.2, 0.25) is 0 Å². The first kappa shape index (κ1) is 24.9. The highest BCUT2D eigenvalue weighted by molar-refractivity contribution is 6.10. The van der Waals surface area contributed by atoms with E-state index in [0.717, 1.165) is 0 Å². The molecule has 1 fully saturated rings. The second-order valence-electron chi connectivity index (χ2n) is 11.8. The molecular weight excluding hydrogens is 532 g/mol. The van der Waals surface area contributed by atoms with Crippen molar-refractivity contribution in [1.29, 1.82) is 0 Å². The third-order valence-corrected chi connectivity index (χ3v) is 9.43. The minimum absolute atomic E-state index is 0.220. The fourth-order valence-electron chi connectivity index (χ4n) is 7.46. The molecule has 2 heterocycles. The predicted octanol–water partition coefficient (Wildman–Crippen LogP) is 10.9. The highest BCUT2D eigenvalue weighted by Crippen LogP contribution is 2.58. The number of nitrogens with zero attached hydrogens (tertiary/aromatic N) is 2. The molecule has 0 bridgehead atoms. The Morgan fingerprint density at radius 1 is 0.318 bits per heavy atom. The maximum Gasteiger partial charge on any atom is 0.0535 e. The molecule has 9 rings (SSSR count). The fraction of sp³-hybridized carbons (Fsp3) is 0.0476. The van der Waals surface area contributed by atoms with Gasteiger partial charge in [0.15, 0.2) is 0 Å². The van der Waals surface area contributed by atoms with E-state index < -0.39 is 0 Å². The van der Waals surface area contributed by atoms with Gasteiger partial charge in [0.25, 0.3) is 0 Å². The molecule has 0 N–H and O–H groups in total. The van der Waals surface area contributed by atoms with Crippen LogP contribution in [0.4, 0.5) is 0 Å². The van der Waals surface area contributed by atoms with Crippen molar-refractivity contribution < 1.29 is 0 Å². The van der Waals surface area contributed by atoms with Gasteiger partial charge in [0, 0.05) is 45.8 Å². The van der Waals surface area contributed by atoms with E-state index in [9.17, 15) is 0 Å². The molecule has 0 spiro atoms. The first-order chi connectivity index (χ1) is 21.9. The smallest absolute Gasteiger partial charge is 0.0535 e. The SMILES string of the molecule is C(=C1/C(=C/n2c3ccccc3c3ccccc32)[C@H](c2ccccc2)[C@@H]1c1ccccc1)n1c2ccccc2c2ccccc21. The summed E-state index contributed by atoms with van der Waals surface area (Å²) in [6.07, 6.45) is 4.84. The van der Waals surface area contributed by atoms with Crippen molar-refractivity contribution in [3.8, 4) is 0 Å². The Morgan fingerprint density at radius 2 is 0.591 bits per heavy atom. The molecule has 1 aliphatic carbocycles. The quantitative estimate of drug-likeness (QED) is 0.202. The van der Waals surface area contributed by atoms with Gasteiger partial charge in [-0.25, -0.2) is 0 Å². The summed E-state index contributed by atoms with van der Waals surface area (Å²) in [6.45, 7) is 0. The summed E-state index contributed by atoms with van der Waals surface area (Å²) >= 11 is 0. The van der Waals surface area contributed by atoms with Gasteiger partial charge in [-0.1, -0.05) is 133 Å². The van der Waals surface area contributed by atoms with Crippen molar-refractivity contribution in [2.45, 2.75) is 11.8 Å². The van der Waals surface area contributed by atoms with E-state index in [1.807, 2.05) is 0 Å². The lowest BCUT2D eigenvalue weighted by atomic mass is 9.60. The van der Waals surface area contributed by atoms with Crippen LogP contribution in [0.1, 0.15) is 23.0 Å². The first-order valence-corrected chi connectivity index (χ1v) is 15.4. The van der Waals surface area contributed by atoms with E-state index in [4.69, 9.17) is 0 Å². The molecule has 208 valence electrons. The van der Waals surface area contributed by atoms with Gasteiger partial charge in [-0.05, 0) is 46.5 Å². The van der Waals surface area contributed by atoms with Gasteiger partial charge in [0.1, 0.15) is 0 Å². The second-order valence-corrected chi connectivity index (χ2v) is 11.8. The zero-order chi connectivity index (χ0) is 29.0. The second kappa shape index (κ2) is 10.00. The molecule has 0 radical (unpaired) electrons. The predicted molar refractivity (Wildman–Crippen MR) is 186 cm³/mol. The molecule has 2 heteroatoms. The number of hydrogen-bond donors (Lipinski definition) is 0. The van der Waals surface area contributed by atoms with E-state index in [2.05, 4.69) is 179 Å². The summed E-state index contributed by atoms with van der Waals surface area (Å²) in [5.41, 5.74) is 10.3. The number of aromatic nitrogens is 2. The molecule has 44 heavy (non-hydrogen) atoms. The molecule has 0 aliphatic heterocycles. The average molecular weight is 563 g/mol. The Kier molecular flexibility index (Phi) is 5.67. The molecule has 8 aromatic rings. The molecular formula is C42H30N2. The van der Waals surface area contributed by atoms with E-state index in [1.165, 1.54) is 65.9 Å². The van der Waals surface area contributed by atoms with Gasteiger partial charge in [0.05, 0.1) is 22.1 Å². The highest BCUT2D eigenvalue weighted by Gasteiger charge is 2.43. The van der Waals surface area contributed by atoms with Crippen LogP contribution in [0.5, 0.6) is 0 Å². The average Bonchev–Trinajstić information content (AvgIpc) is 3.58. The molecule has 0 unspecified atom stereocenters. The molecule has 2 nitrogen and oxygen atoms in total. The topological polar surface area (TPSA) is 9.86 Å². The number of hydrogen-bond acceptors (Lipinski definition) is 0. The minimum atomic E-state index is 0.220. The molecule has 1 saturated carbocycles. The van der Waals surface area contributed by atoms with Gasteiger partial charge in [-0.15, -0.1) is 0 Å². The molecule has 1 aliphatic rings. The monoisotopic (exact) mass is 562 g/mol. The van der Waals surface area contributed by atoms with Crippen LogP contribution in [-0.2, 0) is 0 Å². The van der Waals surface area contributed by atoms with Crippen LogP contribution < -0.4 is 0 Å². The maximum atomic E-state index is 2.42. The Morgan fingerprint density at radius 3 is 0.909 bits per heavy atom. The van der Waals surface area contributed by atoms with Crippen LogP contribution >= 0.6 is 0 Å². The number of fused-ring (bicyclic) bond motifs is 6. The number of rotatable bonds is 4. The number of allylic oxidation sites excluding steroid dienone is 2. The van der Waals surface area contributed by atoms with E-state index in [-0.39, 0.29) is 11.8 Å². The first-order valence-electron chi connectivity index (χ1n) is 15.4. The van der Waals surface area contributed by atoms with Crippen LogP contribution in [0, 0.1) is 0 Å². The maximum absolute atomic E-state index is 2.42. The lowest BCUT2D eigenvalue weighted by molar-refractivity contribution is 0.591. The Balaban J connectivity index is 1.36. The summed E-state index contributed by atoms with van der Waals surface area (Å²) in [5.74, 6) is 0.440. The van der Waals surface area contributed by atoms with Crippen molar-refractivity contribution in [3.63, 3.8) is 0 Å². The fourth-order valence-corrected chi connectivity index (χ4v) is 7.46. The van der Waals surface area contributed by atoms with Gasteiger partial charge >= 0.3 is 0 Å². The molecule has 0 saturated heterocycles. The summed E-state index contributed by atoms with van der Waals surface area (Å²) in [4.78, 5) is 0. The van der Waals surface area contributed by atoms with E-state index in [1.54, 1.807) is 0 Å². The third-order valence-electron chi connectivity index (χ3n) is 9.43. The van der Waals surface area contributed by atoms with E-state index >= 15 is 0 Å². The molecule has 2 aromatic heterocycles. The van der Waals surface area contributed by atoms with Crippen molar-refractivity contribution in [2.75, 3.05) is 0 Å². The van der Waals surface area contributed by atoms with E-state index in [0.29, 0.717) is 0 Å². The van der Waals surface area contributed by atoms with Crippen LogP contribution in [0.3, 0.4) is 0 Å². The highest BCUT2D eigenvalue weighted by atomic mass is 15.0. The zero-order valence-corrected chi connectivity index (χ0v) is 24.2. The summed E-state index contributed by atoms with van der Waals surface area (Å²) < 4.78 is 4.83. The normalized spacial score (nSPS) is 18.5. The standard InChI is InChI=1S/C42H30N2/c1-3-15-29(16-4-1)41-35(27-43-37-23-11-7-19-31(37)32-20-8-12-24-38(32)43)36(42(41)30-17-5-2-6-18-30)28-44-39-25-13-9-21-33(39)34-22-10-14-26-40(34)44/h1-28,41-42H/b35-27-,36-28?/t41-,42+/m0/s1. The van der Waals surface area contributed by atoms with Gasteiger partial charge in [-0.3, -0.25) is 0 Å². The van der Waals surface area contributed by atoms with Crippen LogP contribution in [0.2, 0.25) is 0 Å². The molecule has 2 atom stereocenters. The van der Waals surface area contributed by atoms with Crippen LogP contribution in [-0.4, -0.2) is 9.13 Å². The lowest BCUT2D eigenvalue weighted by Gasteiger charge is -2.44. The molecule has 0 amide bonds. The van der Waals surface area contributed by atoms with Crippen molar-refractivity contribution in [1.82, 2.24) is 9.13 Å². The summed E-state index contributed by atoms with van der Waals surface area (Å²) in [5, 5.41) is 5.12. The largest absolute Gasteiger partial charge is 0.316 e.